The Bertz CT molecular complexity index is 896. The number of para-hydroxylation sites is 1. The second kappa shape index (κ2) is 7.38. The van der Waals surface area contributed by atoms with Gasteiger partial charge in [0, 0.05) is 11.3 Å². The molecule has 25 heavy (non-hydrogen) atoms. The van der Waals surface area contributed by atoms with Gasteiger partial charge in [0.05, 0.1) is 11.9 Å². The summed E-state index contributed by atoms with van der Waals surface area (Å²) in [6.45, 7) is 8.22. The lowest BCUT2D eigenvalue weighted by atomic mass is 10.3. The van der Waals surface area contributed by atoms with Crippen LogP contribution in [-0.2, 0) is 0 Å². The molecule has 0 aliphatic carbocycles. The number of anilines is 4. The molecule has 6 nitrogen and oxygen atoms in total. The fourth-order valence-corrected chi connectivity index (χ4v) is 3.38. The van der Waals surface area contributed by atoms with Gasteiger partial charge in [-0.2, -0.15) is 4.98 Å². The number of nitrogens with zero attached hydrogens (tertiary/aromatic N) is 3. The number of hydrogen-bond acceptors (Lipinski definition) is 6. The van der Waals surface area contributed by atoms with Crippen LogP contribution in [0.1, 0.15) is 11.3 Å². The van der Waals surface area contributed by atoms with Crippen molar-refractivity contribution in [2.45, 2.75) is 13.8 Å². The number of aromatic nitrogens is 3. The summed E-state index contributed by atoms with van der Waals surface area (Å²) in [5.41, 5.74) is 2.74. The van der Waals surface area contributed by atoms with Gasteiger partial charge in [0.1, 0.15) is 5.02 Å². The molecule has 0 amide bonds. The van der Waals surface area contributed by atoms with Crippen molar-refractivity contribution in [1.82, 2.24) is 15.1 Å². The molecule has 0 fully saturated rings. The predicted octanol–water partition coefficient (Wildman–Crippen LogP) is 4.59. The van der Waals surface area contributed by atoms with E-state index in [2.05, 4.69) is 45.2 Å². The van der Waals surface area contributed by atoms with E-state index >= 15 is 0 Å². The van der Waals surface area contributed by atoms with E-state index in [1.165, 1.54) is 5.30 Å². The molecule has 8 heteroatoms. The zero-order valence-electron chi connectivity index (χ0n) is 14.5. The maximum atomic E-state index is 6.27. The van der Waals surface area contributed by atoms with Crippen molar-refractivity contribution in [3.63, 3.8) is 0 Å². The minimum absolute atomic E-state index is 0.259. The third kappa shape index (κ3) is 3.91. The topological polar surface area (TPSA) is 75.9 Å². The zero-order valence-corrected chi connectivity index (χ0v) is 16.1. The lowest BCUT2D eigenvalue weighted by Crippen LogP contribution is -2.09. The van der Waals surface area contributed by atoms with Gasteiger partial charge in [0.2, 0.25) is 11.8 Å². The molecule has 0 aliphatic rings. The van der Waals surface area contributed by atoms with Crippen molar-refractivity contribution in [3.05, 3.63) is 46.7 Å². The maximum absolute atomic E-state index is 6.27. The smallest absolute Gasteiger partial charge is 0.234 e. The van der Waals surface area contributed by atoms with Crippen LogP contribution in [0, 0.1) is 13.8 Å². The third-order valence-electron chi connectivity index (χ3n) is 3.77. The predicted molar refractivity (Wildman–Crippen MR) is 104 cm³/mol. The summed E-state index contributed by atoms with van der Waals surface area (Å²) in [4.78, 5) is 8.67. The van der Waals surface area contributed by atoms with E-state index in [0.717, 1.165) is 16.9 Å². The molecule has 2 aromatic heterocycles. The normalized spacial score (nSPS) is 11.0. The van der Waals surface area contributed by atoms with Gasteiger partial charge in [0.15, 0.2) is 5.82 Å². The molecule has 0 saturated heterocycles. The summed E-state index contributed by atoms with van der Waals surface area (Å²) in [5.74, 6) is 1.45. The molecule has 2 heterocycles. The molecular formula is C17H19ClN5OP. The molecule has 1 aromatic carbocycles. The number of aryl methyl sites for hydroxylation is 1. The van der Waals surface area contributed by atoms with Crippen molar-refractivity contribution in [2.75, 3.05) is 24.0 Å². The highest BCUT2D eigenvalue weighted by atomic mass is 35.5. The first-order valence-electron chi connectivity index (χ1n) is 7.71. The Morgan fingerprint density at radius 1 is 1.12 bits per heavy atom. The first-order valence-corrected chi connectivity index (χ1v) is 10.3. The monoisotopic (exact) mass is 375 g/mol. The summed E-state index contributed by atoms with van der Waals surface area (Å²) in [7, 11) is -0.259. The molecule has 0 atom stereocenters. The Kier molecular flexibility index (Phi) is 5.21. The van der Waals surface area contributed by atoms with Crippen LogP contribution in [0.15, 0.2) is 35.0 Å². The van der Waals surface area contributed by atoms with Gasteiger partial charge in [-0.3, -0.25) is 5.32 Å². The highest BCUT2D eigenvalue weighted by Crippen LogP contribution is 2.31. The number of halogens is 1. The minimum Gasteiger partial charge on any atom is -0.338 e. The van der Waals surface area contributed by atoms with Gasteiger partial charge in [0.25, 0.3) is 0 Å². The van der Waals surface area contributed by atoms with Crippen LogP contribution in [0.25, 0.3) is 0 Å². The Morgan fingerprint density at radius 2 is 1.88 bits per heavy atom. The highest BCUT2D eigenvalue weighted by Gasteiger charge is 2.13. The molecule has 3 rings (SSSR count). The van der Waals surface area contributed by atoms with Crippen LogP contribution in [0.5, 0.6) is 0 Å². The lowest BCUT2D eigenvalue weighted by molar-refractivity contribution is 0.429. The quantitative estimate of drug-likeness (QED) is 0.635. The summed E-state index contributed by atoms with van der Waals surface area (Å²) < 4.78 is 5.25. The van der Waals surface area contributed by atoms with Gasteiger partial charge >= 0.3 is 0 Å². The third-order valence-corrected chi connectivity index (χ3v) is 5.40. The largest absolute Gasteiger partial charge is 0.338 e. The first kappa shape index (κ1) is 17.6. The second-order valence-electron chi connectivity index (χ2n) is 5.77. The van der Waals surface area contributed by atoms with E-state index in [0.29, 0.717) is 22.7 Å². The Hall–Kier alpha value is -2.17. The van der Waals surface area contributed by atoms with Crippen LogP contribution in [-0.4, -0.2) is 28.5 Å². The SMILES string of the molecule is Cc1noc(Nc2ncc(Cl)c(Nc3ccccc3P(C)C)n2)c1C. The molecule has 0 radical (unpaired) electrons. The van der Waals surface area contributed by atoms with Crippen molar-refractivity contribution in [1.29, 1.82) is 0 Å². The fourth-order valence-electron chi connectivity index (χ4n) is 2.25. The summed E-state index contributed by atoms with van der Waals surface area (Å²) in [6, 6.07) is 8.15. The molecule has 0 spiro atoms. The van der Waals surface area contributed by atoms with Gasteiger partial charge in [-0.05, 0) is 38.5 Å². The Balaban J connectivity index is 1.89. The number of rotatable bonds is 5. The Morgan fingerprint density at radius 3 is 2.56 bits per heavy atom. The highest BCUT2D eigenvalue weighted by molar-refractivity contribution is 7.64. The van der Waals surface area contributed by atoms with E-state index in [4.69, 9.17) is 16.1 Å². The van der Waals surface area contributed by atoms with E-state index in [9.17, 15) is 0 Å². The van der Waals surface area contributed by atoms with Crippen LogP contribution >= 0.6 is 19.5 Å². The van der Waals surface area contributed by atoms with Crippen LogP contribution < -0.4 is 15.9 Å². The summed E-state index contributed by atoms with van der Waals surface area (Å²) >= 11 is 6.27. The van der Waals surface area contributed by atoms with Gasteiger partial charge < -0.3 is 9.84 Å². The maximum Gasteiger partial charge on any atom is 0.234 e. The fraction of sp³-hybridized carbons (Fsp3) is 0.235. The summed E-state index contributed by atoms with van der Waals surface area (Å²) in [5, 5.41) is 12.0. The van der Waals surface area contributed by atoms with E-state index in [-0.39, 0.29) is 7.92 Å². The molecule has 3 aromatic rings. The van der Waals surface area contributed by atoms with Crippen LogP contribution in [0.4, 0.5) is 23.3 Å². The van der Waals surface area contributed by atoms with E-state index in [1.807, 2.05) is 32.0 Å². The second-order valence-corrected chi connectivity index (χ2v) is 8.45. The number of hydrogen-bond donors (Lipinski definition) is 2. The van der Waals surface area contributed by atoms with Crippen molar-refractivity contribution >= 4 is 48.2 Å². The molecule has 2 N–H and O–H groups in total. The number of benzene rings is 1. The van der Waals surface area contributed by atoms with E-state index < -0.39 is 0 Å². The van der Waals surface area contributed by atoms with Crippen LogP contribution in [0.2, 0.25) is 5.02 Å². The molecule has 0 bridgehead atoms. The van der Waals surface area contributed by atoms with Gasteiger partial charge in [-0.15, -0.1) is 0 Å². The van der Waals surface area contributed by atoms with Crippen molar-refractivity contribution < 1.29 is 4.52 Å². The van der Waals surface area contributed by atoms with Gasteiger partial charge in [-0.1, -0.05) is 42.9 Å². The molecule has 0 saturated carbocycles. The minimum atomic E-state index is -0.259. The molecule has 0 aliphatic heterocycles. The van der Waals surface area contributed by atoms with Gasteiger partial charge in [-0.25, -0.2) is 4.98 Å². The molecule has 130 valence electrons. The average Bonchev–Trinajstić information content (AvgIpc) is 2.90. The van der Waals surface area contributed by atoms with Crippen molar-refractivity contribution in [2.24, 2.45) is 0 Å². The molecule has 0 unspecified atom stereocenters. The zero-order chi connectivity index (χ0) is 18.0. The average molecular weight is 376 g/mol. The van der Waals surface area contributed by atoms with E-state index in [1.54, 1.807) is 6.20 Å². The lowest BCUT2D eigenvalue weighted by Gasteiger charge is -2.15. The standard InChI is InChI=1S/C17H19ClN5OP/c1-10-11(2)23-24-16(10)22-17-19-9-12(18)15(21-17)20-13-7-5-6-8-14(13)25(3)4/h5-9H,1-4H3,(H2,19,20,21,22). The molecular weight excluding hydrogens is 357 g/mol. The van der Waals surface area contributed by atoms with Crippen molar-refractivity contribution in [3.8, 4) is 0 Å². The summed E-state index contributed by atoms with van der Waals surface area (Å²) in [6.07, 6.45) is 1.56. The Labute approximate surface area is 152 Å². The first-order chi connectivity index (χ1) is 12.0. The van der Waals surface area contributed by atoms with Crippen LogP contribution in [0.3, 0.4) is 0 Å². The number of nitrogens with one attached hydrogen (secondary N) is 2.